The van der Waals surface area contributed by atoms with Crippen molar-refractivity contribution in [3.63, 3.8) is 0 Å². The van der Waals surface area contributed by atoms with Gasteiger partial charge in [-0.15, -0.1) is 6.42 Å². The molecule has 2 amide bonds. The van der Waals surface area contributed by atoms with Crippen LogP contribution in [0.25, 0.3) is 0 Å². The summed E-state index contributed by atoms with van der Waals surface area (Å²) in [5.41, 5.74) is -1.70. The zero-order valence-corrected chi connectivity index (χ0v) is 16.5. The molecule has 0 fully saturated rings. The van der Waals surface area contributed by atoms with E-state index in [1.54, 1.807) is 0 Å². The number of hydrogen-bond donors (Lipinski definition) is 1. The minimum atomic E-state index is -4.59. The molecule has 0 aliphatic rings. The molecule has 0 unspecified atom stereocenters. The summed E-state index contributed by atoms with van der Waals surface area (Å²) >= 11 is 5.87. The second kappa shape index (κ2) is 9.82. The minimum absolute atomic E-state index is 0.0452. The van der Waals surface area contributed by atoms with Crippen LogP contribution in [0.15, 0.2) is 41.4 Å². The Balaban J connectivity index is 2.50. The van der Waals surface area contributed by atoms with Gasteiger partial charge in [-0.3, -0.25) is 10.1 Å². The van der Waals surface area contributed by atoms with E-state index in [1.807, 2.05) is 0 Å². The lowest BCUT2D eigenvalue weighted by atomic mass is 10.1. The molecule has 8 nitrogen and oxygen atoms in total. The highest BCUT2D eigenvalue weighted by Gasteiger charge is 2.31. The Morgan fingerprint density at radius 1 is 1.32 bits per heavy atom. The normalized spacial score (nSPS) is 11.4. The average Bonchev–Trinajstić information content (AvgIpc) is 2.71. The Morgan fingerprint density at radius 2 is 2.03 bits per heavy atom. The molecule has 0 atom stereocenters. The number of carbonyl (C=O) groups excluding carboxylic acids is 1. The van der Waals surface area contributed by atoms with Crippen molar-refractivity contribution in [2.24, 2.45) is 4.99 Å². The standard InChI is InChI=1S/C19H13ClF3N3O5/c1-3-8-30-17(25-18(27)24-2)13-10-12(5-6-15(13)26(28)29)31-16-7-4-11(9-14(16)20)19(21,22)23/h1,4-7,9-10H,8H2,2H3,(H,24,27). The van der Waals surface area contributed by atoms with Crippen LogP contribution in [0.5, 0.6) is 11.5 Å². The molecule has 0 aliphatic heterocycles. The number of urea groups is 1. The van der Waals surface area contributed by atoms with Crippen LogP contribution in [0, 0.1) is 22.5 Å². The summed E-state index contributed by atoms with van der Waals surface area (Å²) in [6, 6.07) is 4.93. The highest BCUT2D eigenvalue weighted by Crippen LogP contribution is 2.37. The maximum Gasteiger partial charge on any atom is 0.416 e. The Bertz CT molecular complexity index is 1080. The Hall–Kier alpha value is -3.78. The number of halogens is 4. The fourth-order valence-corrected chi connectivity index (χ4v) is 2.44. The molecule has 12 heteroatoms. The Labute approximate surface area is 178 Å². The number of aliphatic imine (C=N–C) groups is 1. The predicted octanol–water partition coefficient (Wildman–Crippen LogP) is 4.80. The van der Waals surface area contributed by atoms with Crippen molar-refractivity contribution in [1.82, 2.24) is 5.32 Å². The SMILES string of the molecule is C#CCOC(=NC(=O)NC)c1cc(Oc2ccc(C(F)(F)F)cc2Cl)ccc1[N+](=O)[O-]. The van der Waals surface area contributed by atoms with E-state index in [0.29, 0.717) is 6.07 Å². The summed E-state index contributed by atoms with van der Waals surface area (Å²) < 4.78 is 49.0. The lowest BCUT2D eigenvalue weighted by molar-refractivity contribution is -0.385. The molecule has 1 N–H and O–H groups in total. The maximum absolute atomic E-state index is 12.8. The molecule has 2 aromatic carbocycles. The van der Waals surface area contributed by atoms with Crippen LogP contribution in [0.2, 0.25) is 5.02 Å². The third kappa shape index (κ3) is 6.10. The number of amides is 2. The van der Waals surface area contributed by atoms with Crippen LogP contribution >= 0.6 is 11.6 Å². The molecular formula is C19H13ClF3N3O5. The van der Waals surface area contributed by atoms with Gasteiger partial charge in [0.25, 0.3) is 5.69 Å². The predicted molar refractivity (Wildman–Crippen MR) is 105 cm³/mol. The number of alkyl halides is 3. The van der Waals surface area contributed by atoms with E-state index in [-0.39, 0.29) is 28.7 Å². The van der Waals surface area contributed by atoms with Crippen LogP contribution < -0.4 is 10.1 Å². The number of terminal acetylenes is 1. The van der Waals surface area contributed by atoms with E-state index >= 15 is 0 Å². The molecule has 0 spiro atoms. The number of nitrogens with zero attached hydrogens (tertiary/aromatic N) is 2. The van der Waals surface area contributed by atoms with Crippen LogP contribution in [0.1, 0.15) is 11.1 Å². The van der Waals surface area contributed by atoms with Gasteiger partial charge >= 0.3 is 12.2 Å². The molecule has 0 bridgehead atoms. The molecule has 0 radical (unpaired) electrons. The Kier molecular flexibility index (Phi) is 7.44. The van der Waals surface area contributed by atoms with E-state index in [9.17, 15) is 28.1 Å². The summed E-state index contributed by atoms with van der Waals surface area (Å²) in [5.74, 6) is 1.51. The lowest BCUT2D eigenvalue weighted by Gasteiger charge is -2.13. The quantitative estimate of drug-likeness (QED) is 0.229. The summed E-state index contributed by atoms with van der Waals surface area (Å²) in [7, 11) is 1.28. The van der Waals surface area contributed by atoms with Crippen LogP contribution in [-0.4, -0.2) is 30.5 Å². The number of ether oxygens (including phenoxy) is 2. The van der Waals surface area contributed by atoms with Gasteiger partial charge in [-0.1, -0.05) is 17.5 Å². The average molecular weight is 456 g/mol. The summed E-state index contributed by atoms with van der Waals surface area (Å²) in [5, 5.41) is 13.3. The third-order valence-electron chi connectivity index (χ3n) is 3.59. The van der Waals surface area contributed by atoms with Crippen molar-refractivity contribution in [2.45, 2.75) is 6.18 Å². The van der Waals surface area contributed by atoms with Crippen molar-refractivity contribution >= 4 is 29.2 Å². The first-order chi connectivity index (χ1) is 14.6. The number of carbonyl (C=O) groups is 1. The highest BCUT2D eigenvalue weighted by molar-refractivity contribution is 6.32. The third-order valence-corrected chi connectivity index (χ3v) is 3.89. The monoisotopic (exact) mass is 455 g/mol. The van der Waals surface area contributed by atoms with Crippen molar-refractivity contribution in [2.75, 3.05) is 13.7 Å². The number of nitrogens with one attached hydrogen (secondary N) is 1. The number of nitro groups is 1. The van der Waals surface area contributed by atoms with E-state index in [0.717, 1.165) is 24.3 Å². The fraction of sp³-hybridized carbons (Fsp3) is 0.158. The van der Waals surface area contributed by atoms with E-state index in [1.165, 1.54) is 13.1 Å². The van der Waals surface area contributed by atoms with Crippen molar-refractivity contribution in [3.8, 4) is 23.8 Å². The Morgan fingerprint density at radius 3 is 2.58 bits per heavy atom. The van der Waals surface area contributed by atoms with Crippen LogP contribution in [0.3, 0.4) is 0 Å². The van der Waals surface area contributed by atoms with Gasteiger partial charge in [0.15, 0.2) is 6.61 Å². The molecule has 31 heavy (non-hydrogen) atoms. The van der Waals surface area contributed by atoms with E-state index in [4.69, 9.17) is 27.5 Å². The summed E-state index contributed by atoms with van der Waals surface area (Å²) in [4.78, 5) is 25.9. The van der Waals surface area contributed by atoms with Crippen molar-refractivity contribution in [3.05, 3.63) is 62.7 Å². The molecule has 0 aromatic heterocycles. The van der Waals surface area contributed by atoms with Gasteiger partial charge < -0.3 is 14.8 Å². The molecule has 0 saturated carbocycles. The second-order valence-corrected chi connectivity index (χ2v) is 6.05. The van der Waals surface area contributed by atoms with Gasteiger partial charge in [-0.25, -0.2) is 4.79 Å². The van der Waals surface area contributed by atoms with Gasteiger partial charge in [0, 0.05) is 19.2 Å². The highest BCUT2D eigenvalue weighted by atomic mass is 35.5. The fourth-order valence-electron chi connectivity index (χ4n) is 2.22. The lowest BCUT2D eigenvalue weighted by Crippen LogP contribution is -2.18. The van der Waals surface area contributed by atoms with Gasteiger partial charge in [-0.2, -0.15) is 18.2 Å². The molecular weight excluding hydrogens is 443 g/mol. The molecule has 0 heterocycles. The first kappa shape index (κ1) is 23.5. The molecule has 0 aliphatic carbocycles. The van der Waals surface area contributed by atoms with Gasteiger partial charge in [-0.05, 0) is 24.3 Å². The van der Waals surface area contributed by atoms with E-state index in [2.05, 4.69) is 16.2 Å². The second-order valence-electron chi connectivity index (χ2n) is 5.65. The largest absolute Gasteiger partial charge is 0.464 e. The van der Waals surface area contributed by atoms with Crippen LogP contribution in [-0.2, 0) is 10.9 Å². The first-order valence-corrected chi connectivity index (χ1v) is 8.64. The van der Waals surface area contributed by atoms with Crippen molar-refractivity contribution < 1.29 is 32.4 Å². The zero-order valence-electron chi connectivity index (χ0n) is 15.7. The maximum atomic E-state index is 12.8. The van der Waals surface area contributed by atoms with Gasteiger partial charge in [0.05, 0.1) is 15.5 Å². The number of rotatable bonds is 5. The topological polar surface area (TPSA) is 103 Å². The molecule has 2 rings (SSSR count). The smallest absolute Gasteiger partial charge is 0.416 e. The summed E-state index contributed by atoms with van der Waals surface area (Å²) in [6.07, 6.45) is 0.529. The number of hydrogen-bond acceptors (Lipinski definition) is 5. The van der Waals surface area contributed by atoms with E-state index < -0.39 is 34.3 Å². The van der Waals surface area contributed by atoms with Crippen LogP contribution in [0.4, 0.5) is 23.7 Å². The zero-order chi connectivity index (χ0) is 23.2. The molecule has 2 aromatic rings. The molecule has 162 valence electrons. The minimum Gasteiger partial charge on any atom is -0.464 e. The number of nitro benzene ring substituents is 1. The first-order valence-electron chi connectivity index (χ1n) is 8.27. The molecule has 0 saturated heterocycles. The van der Waals surface area contributed by atoms with Crippen molar-refractivity contribution in [1.29, 1.82) is 0 Å². The number of benzene rings is 2. The van der Waals surface area contributed by atoms with Gasteiger partial charge in [0.2, 0.25) is 5.90 Å². The van der Waals surface area contributed by atoms with Gasteiger partial charge in [0.1, 0.15) is 17.1 Å². The summed E-state index contributed by atoms with van der Waals surface area (Å²) in [6.45, 7) is -0.344.